The molecule has 27 heavy (non-hydrogen) atoms. The van der Waals surface area contributed by atoms with E-state index in [4.69, 9.17) is 4.74 Å². The van der Waals surface area contributed by atoms with Gasteiger partial charge in [-0.05, 0) is 45.1 Å². The molecular formula is C20H28N4O3. The van der Waals surface area contributed by atoms with Crippen molar-refractivity contribution >= 4 is 17.5 Å². The lowest BCUT2D eigenvalue weighted by atomic mass is 10.1. The Labute approximate surface area is 159 Å². The molecule has 146 valence electrons. The lowest BCUT2D eigenvalue weighted by Gasteiger charge is -2.24. The molecule has 1 amide bonds. The molecule has 2 aromatic heterocycles. The van der Waals surface area contributed by atoms with Crippen molar-refractivity contribution in [2.45, 2.75) is 59.4 Å². The molecule has 1 atom stereocenters. The highest BCUT2D eigenvalue weighted by Gasteiger charge is 2.35. The molecule has 2 aromatic rings. The SMILES string of the molecule is Cc1nn2cc(CCCOC(=O)[C@H]3CCCN3C(=O)C(C)C)cnc2c1C. The van der Waals surface area contributed by atoms with Crippen LogP contribution in [0.2, 0.25) is 0 Å². The molecule has 3 rings (SSSR count). The fraction of sp³-hybridized carbons (Fsp3) is 0.600. The van der Waals surface area contributed by atoms with Crippen LogP contribution in [0.3, 0.4) is 0 Å². The molecule has 1 aliphatic heterocycles. The maximum atomic E-state index is 12.4. The van der Waals surface area contributed by atoms with Gasteiger partial charge in [0.2, 0.25) is 5.91 Å². The van der Waals surface area contributed by atoms with Crippen LogP contribution >= 0.6 is 0 Å². The number of ether oxygens (including phenoxy) is 1. The third kappa shape index (κ3) is 4.12. The second kappa shape index (κ2) is 8.06. The number of carbonyl (C=O) groups is 2. The first kappa shape index (κ1) is 19.3. The van der Waals surface area contributed by atoms with E-state index in [9.17, 15) is 9.59 Å². The number of carbonyl (C=O) groups excluding carboxylic acids is 2. The third-order valence-electron chi connectivity index (χ3n) is 5.15. The van der Waals surface area contributed by atoms with Crippen LogP contribution in [0.1, 0.15) is 49.9 Å². The zero-order chi connectivity index (χ0) is 19.6. The van der Waals surface area contributed by atoms with Gasteiger partial charge in [-0.25, -0.2) is 14.3 Å². The maximum Gasteiger partial charge on any atom is 0.328 e. The molecule has 0 aliphatic carbocycles. The summed E-state index contributed by atoms with van der Waals surface area (Å²) < 4.78 is 7.25. The Hall–Kier alpha value is -2.44. The minimum Gasteiger partial charge on any atom is -0.464 e. The summed E-state index contributed by atoms with van der Waals surface area (Å²) >= 11 is 0. The standard InChI is InChI=1S/C20H28N4O3/c1-13(2)19(25)23-9-5-8-17(23)20(26)27-10-6-7-16-11-21-18-14(3)15(4)22-24(18)12-16/h11-13,17H,5-10H2,1-4H3/t17-/m1/s1. The van der Waals surface area contributed by atoms with E-state index in [0.29, 0.717) is 26.0 Å². The predicted octanol–water partition coefficient (Wildman–Crippen LogP) is 2.47. The second-order valence-corrected chi connectivity index (χ2v) is 7.56. The number of aromatic nitrogens is 3. The summed E-state index contributed by atoms with van der Waals surface area (Å²) in [5.41, 5.74) is 4.00. The number of fused-ring (bicyclic) bond motifs is 1. The molecule has 0 bridgehead atoms. The molecule has 0 spiro atoms. The number of nitrogens with zero attached hydrogens (tertiary/aromatic N) is 4. The van der Waals surface area contributed by atoms with E-state index in [1.807, 2.05) is 40.1 Å². The molecule has 0 saturated carbocycles. The Balaban J connectivity index is 1.50. The van der Waals surface area contributed by atoms with Gasteiger partial charge in [0.15, 0.2) is 5.65 Å². The zero-order valence-electron chi connectivity index (χ0n) is 16.6. The van der Waals surface area contributed by atoms with E-state index >= 15 is 0 Å². The second-order valence-electron chi connectivity index (χ2n) is 7.56. The molecule has 0 radical (unpaired) electrons. The van der Waals surface area contributed by atoms with Gasteiger partial charge in [0.05, 0.1) is 12.3 Å². The average Bonchev–Trinajstić information content (AvgIpc) is 3.23. The van der Waals surface area contributed by atoms with Crippen molar-refractivity contribution < 1.29 is 14.3 Å². The number of rotatable bonds is 6. The molecule has 0 aromatic carbocycles. The van der Waals surface area contributed by atoms with Crippen molar-refractivity contribution in [3.05, 3.63) is 29.2 Å². The van der Waals surface area contributed by atoms with E-state index in [1.54, 1.807) is 9.42 Å². The fourth-order valence-corrected chi connectivity index (χ4v) is 3.48. The van der Waals surface area contributed by atoms with E-state index in [-0.39, 0.29) is 17.8 Å². The highest BCUT2D eigenvalue weighted by molar-refractivity contribution is 5.86. The number of hydrogen-bond acceptors (Lipinski definition) is 5. The molecule has 1 saturated heterocycles. The molecule has 1 aliphatic rings. The average molecular weight is 372 g/mol. The predicted molar refractivity (Wildman–Crippen MR) is 101 cm³/mol. The van der Waals surface area contributed by atoms with Crippen molar-refractivity contribution in [2.24, 2.45) is 5.92 Å². The van der Waals surface area contributed by atoms with Crippen molar-refractivity contribution in [3.8, 4) is 0 Å². The van der Waals surface area contributed by atoms with Crippen LogP contribution in [0.25, 0.3) is 5.65 Å². The summed E-state index contributed by atoms with van der Waals surface area (Å²) in [6.45, 7) is 8.69. The van der Waals surface area contributed by atoms with Gasteiger partial charge in [-0.2, -0.15) is 5.10 Å². The van der Waals surface area contributed by atoms with Gasteiger partial charge in [-0.15, -0.1) is 0 Å². The topological polar surface area (TPSA) is 76.8 Å². The maximum absolute atomic E-state index is 12.4. The summed E-state index contributed by atoms with van der Waals surface area (Å²) in [4.78, 5) is 30.7. The van der Waals surface area contributed by atoms with Crippen LogP contribution in [0.5, 0.6) is 0 Å². The van der Waals surface area contributed by atoms with Gasteiger partial charge in [0.25, 0.3) is 0 Å². The Morgan fingerprint density at radius 3 is 2.85 bits per heavy atom. The summed E-state index contributed by atoms with van der Waals surface area (Å²) in [5, 5.41) is 4.45. The minimum absolute atomic E-state index is 0.0265. The molecule has 0 unspecified atom stereocenters. The van der Waals surface area contributed by atoms with Crippen LogP contribution < -0.4 is 0 Å². The van der Waals surface area contributed by atoms with Gasteiger partial charge >= 0.3 is 5.97 Å². The quantitative estimate of drug-likeness (QED) is 0.575. The Morgan fingerprint density at radius 1 is 1.33 bits per heavy atom. The lowest BCUT2D eigenvalue weighted by molar-refractivity contribution is -0.154. The minimum atomic E-state index is -0.423. The monoisotopic (exact) mass is 372 g/mol. The number of aryl methyl sites for hydroxylation is 3. The van der Waals surface area contributed by atoms with E-state index in [2.05, 4.69) is 10.1 Å². The van der Waals surface area contributed by atoms with Crippen molar-refractivity contribution in [2.75, 3.05) is 13.2 Å². The molecule has 0 N–H and O–H groups in total. The van der Waals surface area contributed by atoms with Gasteiger partial charge in [-0.3, -0.25) is 4.79 Å². The summed E-state index contributed by atoms with van der Waals surface area (Å²) in [7, 11) is 0. The van der Waals surface area contributed by atoms with Crippen LogP contribution in [0.15, 0.2) is 12.4 Å². The van der Waals surface area contributed by atoms with Crippen LogP contribution in [-0.4, -0.2) is 50.6 Å². The normalized spacial score (nSPS) is 17.1. The Bertz CT molecular complexity index is 843. The van der Waals surface area contributed by atoms with Gasteiger partial charge in [-0.1, -0.05) is 13.8 Å². The first-order valence-corrected chi connectivity index (χ1v) is 9.66. The largest absolute Gasteiger partial charge is 0.464 e. The number of likely N-dealkylation sites (tertiary alicyclic amines) is 1. The summed E-state index contributed by atoms with van der Waals surface area (Å²) in [6, 6.07) is -0.423. The van der Waals surface area contributed by atoms with Gasteiger partial charge in [0, 0.05) is 30.4 Å². The van der Waals surface area contributed by atoms with Crippen molar-refractivity contribution in [1.29, 1.82) is 0 Å². The lowest BCUT2D eigenvalue weighted by Crippen LogP contribution is -2.43. The Morgan fingerprint density at radius 2 is 2.11 bits per heavy atom. The van der Waals surface area contributed by atoms with Gasteiger partial charge in [0.1, 0.15) is 6.04 Å². The van der Waals surface area contributed by atoms with E-state index < -0.39 is 6.04 Å². The van der Waals surface area contributed by atoms with Crippen molar-refractivity contribution in [3.63, 3.8) is 0 Å². The zero-order valence-corrected chi connectivity index (χ0v) is 16.6. The van der Waals surface area contributed by atoms with Crippen LogP contribution in [0, 0.1) is 19.8 Å². The number of amides is 1. The third-order valence-corrected chi connectivity index (χ3v) is 5.15. The van der Waals surface area contributed by atoms with E-state index in [0.717, 1.165) is 35.3 Å². The first-order chi connectivity index (χ1) is 12.9. The smallest absolute Gasteiger partial charge is 0.328 e. The van der Waals surface area contributed by atoms with Gasteiger partial charge < -0.3 is 9.64 Å². The molecule has 1 fully saturated rings. The summed E-state index contributed by atoms with van der Waals surface area (Å²) in [5.74, 6) is -0.359. The molecular weight excluding hydrogens is 344 g/mol. The number of hydrogen-bond donors (Lipinski definition) is 0. The molecule has 7 heteroatoms. The fourth-order valence-electron chi connectivity index (χ4n) is 3.48. The molecule has 3 heterocycles. The van der Waals surface area contributed by atoms with Crippen LogP contribution in [-0.2, 0) is 20.7 Å². The van der Waals surface area contributed by atoms with Crippen LogP contribution in [0.4, 0.5) is 0 Å². The highest BCUT2D eigenvalue weighted by atomic mass is 16.5. The van der Waals surface area contributed by atoms with E-state index in [1.165, 1.54) is 0 Å². The Kier molecular flexibility index (Phi) is 5.77. The molecule has 7 nitrogen and oxygen atoms in total. The highest BCUT2D eigenvalue weighted by Crippen LogP contribution is 2.21. The van der Waals surface area contributed by atoms with Crippen molar-refractivity contribution in [1.82, 2.24) is 19.5 Å². The number of esters is 1. The summed E-state index contributed by atoms with van der Waals surface area (Å²) in [6.07, 6.45) is 6.84. The first-order valence-electron chi connectivity index (χ1n) is 9.66.